The molecule has 0 bridgehead atoms. The SMILES string of the molecule is CC(C)NC(=O)c1ccc(=O)n(Cc2ccccc2F)c1. The Labute approximate surface area is 122 Å². The Hall–Kier alpha value is -2.43. The highest BCUT2D eigenvalue weighted by Gasteiger charge is 2.10. The largest absolute Gasteiger partial charge is 0.350 e. The van der Waals surface area contributed by atoms with Gasteiger partial charge in [0.1, 0.15) is 5.82 Å². The fourth-order valence-electron chi connectivity index (χ4n) is 1.94. The van der Waals surface area contributed by atoms with Crippen molar-refractivity contribution in [1.82, 2.24) is 9.88 Å². The molecule has 0 unspecified atom stereocenters. The summed E-state index contributed by atoms with van der Waals surface area (Å²) in [5, 5.41) is 2.75. The lowest BCUT2D eigenvalue weighted by molar-refractivity contribution is 0.0942. The predicted molar refractivity (Wildman–Crippen MR) is 78.8 cm³/mol. The average molecular weight is 288 g/mol. The number of hydrogen-bond acceptors (Lipinski definition) is 2. The lowest BCUT2D eigenvalue weighted by Crippen LogP contribution is -2.31. The summed E-state index contributed by atoms with van der Waals surface area (Å²) in [7, 11) is 0. The summed E-state index contributed by atoms with van der Waals surface area (Å²) in [4.78, 5) is 23.8. The van der Waals surface area contributed by atoms with Crippen molar-refractivity contribution in [1.29, 1.82) is 0 Å². The smallest absolute Gasteiger partial charge is 0.252 e. The van der Waals surface area contributed by atoms with Gasteiger partial charge < -0.3 is 9.88 Å². The Bertz CT molecular complexity index is 707. The summed E-state index contributed by atoms with van der Waals surface area (Å²) >= 11 is 0. The normalized spacial score (nSPS) is 10.7. The molecule has 0 saturated carbocycles. The molecule has 0 aliphatic carbocycles. The van der Waals surface area contributed by atoms with Crippen molar-refractivity contribution in [2.24, 2.45) is 0 Å². The van der Waals surface area contributed by atoms with E-state index in [4.69, 9.17) is 0 Å². The van der Waals surface area contributed by atoms with Crippen LogP contribution in [-0.4, -0.2) is 16.5 Å². The standard InChI is InChI=1S/C16H17FN2O2/c1-11(2)18-16(21)13-7-8-15(20)19(10-13)9-12-5-3-4-6-14(12)17/h3-8,10-11H,9H2,1-2H3,(H,18,21). The third-order valence-electron chi connectivity index (χ3n) is 2.96. The first-order valence-corrected chi connectivity index (χ1v) is 6.72. The number of benzene rings is 1. The number of carbonyl (C=O) groups is 1. The molecule has 1 N–H and O–H groups in total. The predicted octanol–water partition coefficient (Wildman–Crippen LogP) is 2.17. The van der Waals surface area contributed by atoms with E-state index in [-0.39, 0.29) is 29.9 Å². The number of aromatic nitrogens is 1. The third kappa shape index (κ3) is 3.78. The molecule has 1 heterocycles. The van der Waals surface area contributed by atoms with E-state index in [0.29, 0.717) is 11.1 Å². The van der Waals surface area contributed by atoms with Gasteiger partial charge in [0.15, 0.2) is 0 Å². The van der Waals surface area contributed by atoms with Gasteiger partial charge in [-0.25, -0.2) is 4.39 Å². The number of amides is 1. The molecule has 0 saturated heterocycles. The highest BCUT2D eigenvalue weighted by Crippen LogP contribution is 2.08. The summed E-state index contributed by atoms with van der Waals surface area (Å²) in [6.07, 6.45) is 1.45. The Morgan fingerprint density at radius 1 is 1.24 bits per heavy atom. The van der Waals surface area contributed by atoms with Crippen LogP contribution < -0.4 is 10.9 Å². The molecule has 2 aromatic rings. The van der Waals surface area contributed by atoms with Crippen LogP contribution in [0.4, 0.5) is 4.39 Å². The lowest BCUT2D eigenvalue weighted by atomic mass is 10.2. The van der Waals surface area contributed by atoms with Crippen molar-refractivity contribution in [3.8, 4) is 0 Å². The van der Waals surface area contributed by atoms with E-state index in [1.165, 1.54) is 29.0 Å². The van der Waals surface area contributed by atoms with Crippen LogP contribution in [0.15, 0.2) is 47.4 Å². The van der Waals surface area contributed by atoms with Crippen LogP contribution in [0, 0.1) is 5.82 Å². The molecule has 1 aromatic carbocycles. The highest BCUT2D eigenvalue weighted by molar-refractivity contribution is 5.93. The molecule has 0 radical (unpaired) electrons. The van der Waals surface area contributed by atoms with Gasteiger partial charge in [-0.05, 0) is 26.0 Å². The van der Waals surface area contributed by atoms with Gasteiger partial charge in [0.05, 0.1) is 12.1 Å². The zero-order valence-electron chi connectivity index (χ0n) is 12.0. The first-order chi connectivity index (χ1) is 9.97. The molecule has 1 aromatic heterocycles. The minimum Gasteiger partial charge on any atom is -0.350 e. The van der Waals surface area contributed by atoms with Crippen LogP contribution in [0.3, 0.4) is 0 Å². The van der Waals surface area contributed by atoms with Crippen molar-refractivity contribution >= 4 is 5.91 Å². The molecular weight excluding hydrogens is 271 g/mol. The first kappa shape index (κ1) is 15.0. The maximum absolute atomic E-state index is 13.6. The highest BCUT2D eigenvalue weighted by atomic mass is 19.1. The maximum atomic E-state index is 13.6. The number of carbonyl (C=O) groups excluding carboxylic acids is 1. The van der Waals surface area contributed by atoms with Crippen LogP contribution in [0.1, 0.15) is 29.8 Å². The summed E-state index contributed by atoms with van der Waals surface area (Å²) < 4.78 is 15.0. The number of pyridine rings is 1. The quantitative estimate of drug-likeness (QED) is 0.937. The molecule has 0 atom stereocenters. The Morgan fingerprint density at radius 2 is 1.95 bits per heavy atom. The maximum Gasteiger partial charge on any atom is 0.252 e. The van der Waals surface area contributed by atoms with Crippen molar-refractivity contribution in [2.75, 3.05) is 0 Å². The number of rotatable bonds is 4. The molecule has 110 valence electrons. The second-order valence-corrected chi connectivity index (χ2v) is 5.10. The molecule has 0 aliphatic rings. The van der Waals surface area contributed by atoms with E-state index in [1.807, 2.05) is 13.8 Å². The van der Waals surface area contributed by atoms with Gasteiger partial charge in [-0.2, -0.15) is 0 Å². The fraction of sp³-hybridized carbons (Fsp3) is 0.250. The van der Waals surface area contributed by atoms with Gasteiger partial charge in [0.2, 0.25) is 0 Å². The second-order valence-electron chi connectivity index (χ2n) is 5.10. The van der Waals surface area contributed by atoms with Gasteiger partial charge >= 0.3 is 0 Å². The number of nitrogens with one attached hydrogen (secondary N) is 1. The molecule has 2 rings (SSSR count). The Morgan fingerprint density at radius 3 is 2.62 bits per heavy atom. The van der Waals surface area contributed by atoms with Crippen LogP contribution >= 0.6 is 0 Å². The van der Waals surface area contributed by atoms with E-state index in [1.54, 1.807) is 18.2 Å². The van der Waals surface area contributed by atoms with Crippen LogP contribution in [0.2, 0.25) is 0 Å². The molecule has 21 heavy (non-hydrogen) atoms. The summed E-state index contributed by atoms with van der Waals surface area (Å²) in [6.45, 7) is 3.80. The van der Waals surface area contributed by atoms with Gasteiger partial charge in [-0.3, -0.25) is 9.59 Å². The lowest BCUT2D eigenvalue weighted by Gasteiger charge is -2.11. The topological polar surface area (TPSA) is 51.1 Å². The van der Waals surface area contributed by atoms with Crippen molar-refractivity contribution in [3.63, 3.8) is 0 Å². The van der Waals surface area contributed by atoms with E-state index < -0.39 is 0 Å². The van der Waals surface area contributed by atoms with Crippen LogP contribution in [-0.2, 0) is 6.54 Å². The van der Waals surface area contributed by atoms with Crippen LogP contribution in [0.5, 0.6) is 0 Å². The zero-order valence-corrected chi connectivity index (χ0v) is 12.0. The van der Waals surface area contributed by atoms with Crippen molar-refractivity contribution in [3.05, 3.63) is 69.9 Å². The van der Waals surface area contributed by atoms with Crippen LogP contribution in [0.25, 0.3) is 0 Å². The average Bonchev–Trinajstić information content (AvgIpc) is 2.42. The molecule has 5 heteroatoms. The molecule has 0 fully saturated rings. The molecule has 1 amide bonds. The van der Waals surface area contributed by atoms with Gasteiger partial charge in [-0.15, -0.1) is 0 Å². The van der Waals surface area contributed by atoms with E-state index >= 15 is 0 Å². The van der Waals surface area contributed by atoms with Gasteiger partial charge in [0.25, 0.3) is 11.5 Å². The zero-order chi connectivity index (χ0) is 15.4. The monoisotopic (exact) mass is 288 g/mol. The molecule has 0 spiro atoms. The summed E-state index contributed by atoms with van der Waals surface area (Å²) in [5.41, 5.74) is 0.500. The minimum absolute atomic E-state index is 0.00412. The molecular formula is C16H17FN2O2. The number of nitrogens with zero attached hydrogens (tertiary/aromatic N) is 1. The number of hydrogen-bond donors (Lipinski definition) is 1. The molecule has 4 nitrogen and oxygen atoms in total. The Balaban J connectivity index is 2.30. The minimum atomic E-state index is -0.374. The van der Waals surface area contributed by atoms with Gasteiger partial charge in [0, 0.05) is 23.9 Å². The van der Waals surface area contributed by atoms with E-state index in [9.17, 15) is 14.0 Å². The van der Waals surface area contributed by atoms with Gasteiger partial charge in [-0.1, -0.05) is 18.2 Å². The van der Waals surface area contributed by atoms with E-state index in [2.05, 4.69) is 5.32 Å². The van der Waals surface area contributed by atoms with Crippen molar-refractivity contribution in [2.45, 2.75) is 26.4 Å². The third-order valence-corrected chi connectivity index (χ3v) is 2.96. The first-order valence-electron chi connectivity index (χ1n) is 6.72. The van der Waals surface area contributed by atoms with Crippen molar-refractivity contribution < 1.29 is 9.18 Å². The Kier molecular flexibility index (Phi) is 4.52. The number of halogens is 1. The summed E-state index contributed by atoms with van der Waals surface area (Å²) in [6, 6.07) is 9.04. The molecule has 0 aliphatic heterocycles. The summed E-state index contributed by atoms with van der Waals surface area (Å²) in [5.74, 6) is -0.631. The van der Waals surface area contributed by atoms with E-state index in [0.717, 1.165) is 0 Å². The second kappa shape index (κ2) is 6.35. The fourth-order valence-corrected chi connectivity index (χ4v) is 1.94.